The number of fused-ring (bicyclic) bond motifs is 1. The first-order valence-corrected chi connectivity index (χ1v) is 9.81. The van der Waals surface area contributed by atoms with Gasteiger partial charge in [-0.2, -0.15) is 0 Å². The van der Waals surface area contributed by atoms with Gasteiger partial charge < -0.3 is 10.1 Å². The molecule has 0 aromatic heterocycles. The van der Waals surface area contributed by atoms with Crippen LogP contribution in [0.25, 0.3) is 0 Å². The first-order chi connectivity index (χ1) is 12.8. The smallest absolute Gasteiger partial charge is 0.262 e. The van der Waals surface area contributed by atoms with Gasteiger partial charge in [0.15, 0.2) is 0 Å². The van der Waals surface area contributed by atoms with Crippen LogP contribution in [0.2, 0.25) is 10.0 Å². The Bertz CT molecular complexity index is 734. The molecule has 1 N–H and O–H groups in total. The molecule has 2 aliphatic rings. The first kappa shape index (κ1) is 20.1. The summed E-state index contributed by atoms with van der Waals surface area (Å²) in [5.74, 6) is -1.29. The fraction of sp³-hybridized carbons (Fsp3) is 0.526. The molecule has 2 aliphatic heterocycles. The van der Waals surface area contributed by atoms with Gasteiger partial charge in [0.25, 0.3) is 11.8 Å². The average molecular weight is 413 g/mol. The maximum Gasteiger partial charge on any atom is 0.262 e. The summed E-state index contributed by atoms with van der Waals surface area (Å²) in [5.41, 5.74) is 0.352. The fourth-order valence-corrected chi connectivity index (χ4v) is 3.78. The molecular formula is C19H22Cl2N2O4. The number of nitrogens with one attached hydrogen (secondary N) is 1. The molecule has 8 heteroatoms. The topological polar surface area (TPSA) is 75.7 Å². The molecule has 2 heterocycles. The van der Waals surface area contributed by atoms with Crippen molar-refractivity contribution < 1.29 is 19.1 Å². The highest BCUT2D eigenvalue weighted by Gasteiger charge is 2.43. The predicted molar refractivity (Wildman–Crippen MR) is 102 cm³/mol. The number of hydrogen-bond acceptors (Lipinski definition) is 4. The lowest BCUT2D eigenvalue weighted by Crippen LogP contribution is -2.51. The van der Waals surface area contributed by atoms with E-state index in [1.807, 2.05) is 13.8 Å². The normalized spacial score (nSPS) is 20.3. The van der Waals surface area contributed by atoms with Crippen LogP contribution in [0, 0.1) is 5.92 Å². The summed E-state index contributed by atoms with van der Waals surface area (Å²) in [4.78, 5) is 39.6. The third-order valence-electron chi connectivity index (χ3n) is 4.80. The standard InChI is InChI=1S/C19H22Cl2N2O4/c1-10(2)6-16(17(24)22-9-11-4-3-5-27-11)23-18(25)12-7-14(20)15(21)8-13(12)19(23)26/h7-8,10-11,16H,3-6,9H2,1-2H3,(H,22,24)/t11-,16+/m1/s1. The highest BCUT2D eigenvalue weighted by atomic mass is 35.5. The molecule has 0 spiro atoms. The summed E-state index contributed by atoms with van der Waals surface area (Å²) in [6.07, 6.45) is 2.20. The Balaban J connectivity index is 1.83. The van der Waals surface area contributed by atoms with Gasteiger partial charge in [0.2, 0.25) is 5.91 Å². The zero-order valence-corrected chi connectivity index (χ0v) is 16.8. The van der Waals surface area contributed by atoms with Crippen LogP contribution < -0.4 is 5.32 Å². The van der Waals surface area contributed by atoms with Crippen LogP contribution in [-0.4, -0.2) is 47.9 Å². The summed E-state index contributed by atoms with van der Waals surface area (Å²) >= 11 is 12.0. The van der Waals surface area contributed by atoms with E-state index in [2.05, 4.69) is 5.32 Å². The van der Waals surface area contributed by atoms with E-state index in [1.54, 1.807) is 0 Å². The molecule has 0 aliphatic carbocycles. The Morgan fingerprint density at radius 3 is 2.30 bits per heavy atom. The maximum atomic E-state index is 12.9. The van der Waals surface area contributed by atoms with Gasteiger partial charge in [-0.1, -0.05) is 37.0 Å². The maximum absolute atomic E-state index is 12.9. The van der Waals surface area contributed by atoms with Crippen molar-refractivity contribution in [3.8, 4) is 0 Å². The van der Waals surface area contributed by atoms with E-state index in [-0.39, 0.29) is 39.1 Å². The predicted octanol–water partition coefficient (Wildman–Crippen LogP) is 3.30. The number of ether oxygens (including phenoxy) is 1. The number of hydrogen-bond donors (Lipinski definition) is 1. The molecule has 1 fully saturated rings. The Hall–Kier alpha value is -1.63. The third kappa shape index (κ3) is 4.13. The Morgan fingerprint density at radius 1 is 1.22 bits per heavy atom. The molecule has 3 rings (SSSR count). The lowest BCUT2D eigenvalue weighted by molar-refractivity contribution is -0.126. The third-order valence-corrected chi connectivity index (χ3v) is 5.52. The van der Waals surface area contributed by atoms with Gasteiger partial charge >= 0.3 is 0 Å². The number of benzene rings is 1. The number of rotatable bonds is 6. The van der Waals surface area contributed by atoms with Crippen molar-refractivity contribution in [3.05, 3.63) is 33.3 Å². The van der Waals surface area contributed by atoms with Crippen molar-refractivity contribution in [1.82, 2.24) is 10.2 Å². The molecule has 0 radical (unpaired) electrons. The second-order valence-electron chi connectivity index (χ2n) is 7.32. The van der Waals surface area contributed by atoms with Gasteiger partial charge in [-0.05, 0) is 37.3 Å². The summed E-state index contributed by atoms with van der Waals surface area (Å²) in [5, 5.41) is 3.23. The van der Waals surface area contributed by atoms with Gasteiger partial charge in [-0.25, -0.2) is 0 Å². The minimum Gasteiger partial charge on any atom is -0.376 e. The quantitative estimate of drug-likeness (QED) is 0.727. The Labute approximate surface area is 168 Å². The molecule has 0 saturated carbocycles. The Kier molecular flexibility index (Phi) is 6.08. The molecule has 6 nitrogen and oxygen atoms in total. The van der Waals surface area contributed by atoms with Crippen molar-refractivity contribution in [1.29, 1.82) is 0 Å². The van der Waals surface area contributed by atoms with Crippen molar-refractivity contribution >= 4 is 40.9 Å². The molecule has 0 unspecified atom stereocenters. The van der Waals surface area contributed by atoms with Crippen molar-refractivity contribution in [3.63, 3.8) is 0 Å². The second-order valence-corrected chi connectivity index (χ2v) is 8.13. The van der Waals surface area contributed by atoms with Crippen LogP contribution in [0.5, 0.6) is 0 Å². The molecule has 1 aromatic rings. The van der Waals surface area contributed by atoms with Crippen LogP contribution in [0.4, 0.5) is 0 Å². The molecule has 1 aromatic carbocycles. The van der Waals surface area contributed by atoms with Gasteiger partial charge in [-0.15, -0.1) is 0 Å². The lowest BCUT2D eigenvalue weighted by atomic mass is 10.0. The van der Waals surface area contributed by atoms with Crippen LogP contribution in [-0.2, 0) is 9.53 Å². The van der Waals surface area contributed by atoms with Crippen LogP contribution in [0.15, 0.2) is 12.1 Å². The van der Waals surface area contributed by atoms with E-state index in [9.17, 15) is 14.4 Å². The molecule has 1 saturated heterocycles. The second kappa shape index (κ2) is 8.17. The zero-order chi connectivity index (χ0) is 19.7. The first-order valence-electron chi connectivity index (χ1n) is 9.05. The van der Waals surface area contributed by atoms with Gasteiger partial charge in [0, 0.05) is 13.2 Å². The number of halogens is 2. The molecule has 0 bridgehead atoms. The monoisotopic (exact) mass is 412 g/mol. The van der Waals surface area contributed by atoms with Crippen LogP contribution in [0.3, 0.4) is 0 Å². The van der Waals surface area contributed by atoms with Gasteiger partial charge in [-0.3, -0.25) is 19.3 Å². The summed E-state index contributed by atoms with van der Waals surface area (Å²) in [6, 6.07) is 1.88. The molecule has 3 amide bonds. The van der Waals surface area contributed by atoms with E-state index < -0.39 is 17.9 Å². The van der Waals surface area contributed by atoms with Crippen LogP contribution >= 0.6 is 23.2 Å². The van der Waals surface area contributed by atoms with Crippen molar-refractivity contribution in [2.75, 3.05) is 13.2 Å². The fourth-order valence-electron chi connectivity index (χ4n) is 3.45. The molecule has 27 heavy (non-hydrogen) atoms. The molecule has 2 atom stereocenters. The van der Waals surface area contributed by atoms with E-state index in [0.717, 1.165) is 17.7 Å². The minimum absolute atomic E-state index is 0.0200. The van der Waals surface area contributed by atoms with Crippen LogP contribution in [0.1, 0.15) is 53.8 Å². The molecular weight excluding hydrogens is 391 g/mol. The number of carbonyl (C=O) groups excluding carboxylic acids is 3. The lowest BCUT2D eigenvalue weighted by Gasteiger charge is -2.27. The van der Waals surface area contributed by atoms with E-state index in [4.69, 9.17) is 27.9 Å². The van der Waals surface area contributed by atoms with Gasteiger partial charge in [0.1, 0.15) is 6.04 Å². The number of imide groups is 1. The van der Waals surface area contributed by atoms with Gasteiger partial charge in [0.05, 0.1) is 27.3 Å². The Morgan fingerprint density at radius 2 is 1.81 bits per heavy atom. The minimum atomic E-state index is -0.892. The van der Waals surface area contributed by atoms with E-state index >= 15 is 0 Å². The highest BCUT2D eigenvalue weighted by molar-refractivity contribution is 6.43. The van der Waals surface area contributed by atoms with E-state index in [1.165, 1.54) is 12.1 Å². The highest BCUT2D eigenvalue weighted by Crippen LogP contribution is 2.33. The zero-order valence-electron chi connectivity index (χ0n) is 15.3. The largest absolute Gasteiger partial charge is 0.376 e. The summed E-state index contributed by atoms with van der Waals surface area (Å²) in [7, 11) is 0. The van der Waals surface area contributed by atoms with Crippen molar-refractivity contribution in [2.45, 2.75) is 45.3 Å². The SMILES string of the molecule is CC(C)C[C@@H](C(=O)NC[C@H]1CCCO1)N1C(=O)c2cc(Cl)c(Cl)cc2C1=O. The van der Waals surface area contributed by atoms with Crippen molar-refractivity contribution in [2.24, 2.45) is 5.92 Å². The number of nitrogens with zero attached hydrogens (tertiary/aromatic N) is 1. The number of amides is 3. The number of carbonyl (C=O) groups is 3. The summed E-state index contributed by atoms with van der Waals surface area (Å²) in [6.45, 7) is 4.93. The van der Waals surface area contributed by atoms with E-state index in [0.29, 0.717) is 19.6 Å². The summed E-state index contributed by atoms with van der Waals surface area (Å²) < 4.78 is 5.52. The molecule has 146 valence electrons. The average Bonchev–Trinajstić information content (AvgIpc) is 3.20.